The highest BCUT2D eigenvalue weighted by atomic mass is 32.1. The standard InChI is InChI=1S/C17H33N3O2S2/c1-3-5-7-9-11-18-15(21)13-20(17(23)24)14-16(22)19-12-10-8-6-4-2/h3-14H2,1-2H3,(H,18,21)(H,19,22)(H,23,24). The largest absolute Gasteiger partial charge is 0.355 e. The SMILES string of the molecule is CCCCCCNC(=O)CN(CC(=O)NCCCCCC)C(=S)S. The predicted molar refractivity (Wildman–Crippen MR) is 107 cm³/mol. The second-order valence-corrected chi connectivity index (χ2v) is 7.07. The summed E-state index contributed by atoms with van der Waals surface area (Å²) >= 11 is 9.14. The molecule has 0 heterocycles. The molecule has 0 aromatic heterocycles. The van der Waals surface area contributed by atoms with Crippen LogP contribution >= 0.6 is 24.8 Å². The Kier molecular flexibility index (Phi) is 15.2. The van der Waals surface area contributed by atoms with Crippen molar-refractivity contribution in [1.82, 2.24) is 15.5 Å². The lowest BCUT2D eigenvalue weighted by Gasteiger charge is -2.21. The molecule has 0 unspecified atom stereocenters. The Balaban J connectivity index is 4.00. The van der Waals surface area contributed by atoms with E-state index in [1.165, 1.54) is 30.6 Å². The maximum absolute atomic E-state index is 11.9. The zero-order valence-corrected chi connectivity index (χ0v) is 16.8. The summed E-state index contributed by atoms with van der Waals surface area (Å²) in [6.07, 6.45) is 8.89. The van der Waals surface area contributed by atoms with Crippen molar-refractivity contribution in [2.45, 2.75) is 65.2 Å². The minimum Gasteiger partial charge on any atom is -0.355 e. The number of hydrogen-bond acceptors (Lipinski definition) is 3. The molecule has 0 saturated heterocycles. The molecule has 2 N–H and O–H groups in total. The van der Waals surface area contributed by atoms with Gasteiger partial charge >= 0.3 is 0 Å². The van der Waals surface area contributed by atoms with Gasteiger partial charge < -0.3 is 15.5 Å². The molecule has 5 nitrogen and oxygen atoms in total. The van der Waals surface area contributed by atoms with Crippen LogP contribution in [0.15, 0.2) is 0 Å². The van der Waals surface area contributed by atoms with Crippen molar-refractivity contribution < 1.29 is 9.59 Å². The van der Waals surface area contributed by atoms with Gasteiger partial charge in [0.05, 0.1) is 13.1 Å². The average molecular weight is 376 g/mol. The van der Waals surface area contributed by atoms with E-state index in [4.69, 9.17) is 12.2 Å². The Morgan fingerprint density at radius 2 is 1.25 bits per heavy atom. The lowest BCUT2D eigenvalue weighted by molar-refractivity contribution is -0.123. The molecule has 0 saturated carbocycles. The maximum atomic E-state index is 11.9. The van der Waals surface area contributed by atoms with E-state index >= 15 is 0 Å². The number of rotatable bonds is 14. The number of hydrogen-bond donors (Lipinski definition) is 3. The van der Waals surface area contributed by atoms with E-state index in [0.29, 0.717) is 13.1 Å². The van der Waals surface area contributed by atoms with Crippen molar-refractivity contribution in [3.63, 3.8) is 0 Å². The lowest BCUT2D eigenvalue weighted by Crippen LogP contribution is -2.44. The zero-order valence-electron chi connectivity index (χ0n) is 15.1. The molecule has 24 heavy (non-hydrogen) atoms. The van der Waals surface area contributed by atoms with Gasteiger partial charge in [-0.2, -0.15) is 0 Å². The van der Waals surface area contributed by atoms with E-state index in [1.54, 1.807) is 0 Å². The third kappa shape index (κ3) is 13.6. The number of nitrogens with one attached hydrogen (secondary N) is 2. The van der Waals surface area contributed by atoms with Gasteiger partial charge in [-0.25, -0.2) is 0 Å². The van der Waals surface area contributed by atoms with E-state index in [9.17, 15) is 9.59 Å². The number of carbonyl (C=O) groups excluding carboxylic acids is 2. The van der Waals surface area contributed by atoms with Crippen LogP contribution in [0.4, 0.5) is 0 Å². The van der Waals surface area contributed by atoms with Crippen LogP contribution in [-0.4, -0.2) is 47.2 Å². The summed E-state index contributed by atoms with van der Waals surface area (Å²) in [5.74, 6) is -0.253. The molecular weight excluding hydrogens is 342 g/mol. The fraction of sp³-hybridized carbons (Fsp3) is 0.824. The molecule has 0 aromatic rings. The molecule has 0 fully saturated rings. The molecule has 0 bridgehead atoms. The van der Waals surface area contributed by atoms with Gasteiger partial charge in [0.1, 0.15) is 4.32 Å². The first-order valence-corrected chi connectivity index (χ1v) is 9.88. The van der Waals surface area contributed by atoms with Crippen LogP contribution in [0.1, 0.15) is 65.2 Å². The first-order chi connectivity index (χ1) is 11.5. The molecule has 0 aliphatic carbocycles. The van der Waals surface area contributed by atoms with Gasteiger partial charge in [0.2, 0.25) is 11.8 Å². The summed E-state index contributed by atoms with van der Waals surface area (Å²) in [7, 11) is 0. The van der Waals surface area contributed by atoms with Gasteiger partial charge in [0.15, 0.2) is 0 Å². The normalized spacial score (nSPS) is 10.3. The molecule has 0 aromatic carbocycles. The van der Waals surface area contributed by atoms with Crippen LogP contribution in [-0.2, 0) is 9.59 Å². The molecular formula is C17H33N3O2S2. The van der Waals surface area contributed by atoms with Gasteiger partial charge in [-0.3, -0.25) is 9.59 Å². The summed E-state index contributed by atoms with van der Waals surface area (Å²) in [5.41, 5.74) is 0. The summed E-state index contributed by atoms with van der Waals surface area (Å²) in [6.45, 7) is 5.77. The first kappa shape index (κ1) is 23.2. The second-order valence-electron chi connectivity index (χ2n) is 5.96. The molecule has 0 aliphatic heterocycles. The Hall–Kier alpha value is -0.820. The number of carbonyl (C=O) groups is 2. The van der Waals surface area contributed by atoms with Crippen LogP contribution in [0.3, 0.4) is 0 Å². The van der Waals surface area contributed by atoms with Crippen molar-refractivity contribution in [3.8, 4) is 0 Å². The quantitative estimate of drug-likeness (QED) is 0.248. The van der Waals surface area contributed by atoms with Gasteiger partial charge in [0.25, 0.3) is 0 Å². The molecule has 7 heteroatoms. The van der Waals surface area contributed by atoms with Gasteiger partial charge in [0, 0.05) is 13.1 Å². The Morgan fingerprint density at radius 3 is 1.58 bits per heavy atom. The minimum atomic E-state index is -0.126. The van der Waals surface area contributed by atoms with Crippen molar-refractivity contribution in [2.24, 2.45) is 0 Å². The van der Waals surface area contributed by atoms with E-state index in [1.807, 2.05) is 0 Å². The van der Waals surface area contributed by atoms with Gasteiger partial charge in [-0.05, 0) is 12.8 Å². The van der Waals surface area contributed by atoms with Crippen molar-refractivity contribution in [1.29, 1.82) is 0 Å². The monoisotopic (exact) mass is 375 g/mol. The fourth-order valence-electron chi connectivity index (χ4n) is 2.21. The highest BCUT2D eigenvalue weighted by molar-refractivity contribution is 8.10. The second kappa shape index (κ2) is 15.7. The molecule has 0 radical (unpaired) electrons. The van der Waals surface area contributed by atoms with E-state index in [-0.39, 0.29) is 29.2 Å². The smallest absolute Gasteiger partial charge is 0.239 e. The number of thiol groups is 1. The third-order valence-electron chi connectivity index (χ3n) is 3.64. The minimum absolute atomic E-state index is 0.0688. The number of nitrogens with zero attached hydrogens (tertiary/aromatic N) is 1. The average Bonchev–Trinajstić information content (AvgIpc) is 2.53. The third-order valence-corrected chi connectivity index (χ3v) is 4.19. The lowest BCUT2D eigenvalue weighted by atomic mass is 10.2. The van der Waals surface area contributed by atoms with Crippen molar-refractivity contribution in [3.05, 3.63) is 0 Å². The van der Waals surface area contributed by atoms with Crippen LogP contribution in [0.2, 0.25) is 0 Å². The van der Waals surface area contributed by atoms with Gasteiger partial charge in [-0.15, -0.1) is 12.6 Å². The van der Waals surface area contributed by atoms with Crippen LogP contribution < -0.4 is 10.6 Å². The Labute approximate surface area is 157 Å². The van der Waals surface area contributed by atoms with Crippen LogP contribution in [0, 0.1) is 0 Å². The predicted octanol–water partition coefficient (Wildman–Crippen LogP) is 2.90. The molecule has 140 valence electrons. The summed E-state index contributed by atoms with van der Waals surface area (Å²) < 4.78 is 0.261. The van der Waals surface area contributed by atoms with E-state index in [0.717, 1.165) is 25.7 Å². The number of thiocarbonyl (C=S) groups is 1. The molecule has 2 amide bonds. The summed E-state index contributed by atoms with van der Waals surface area (Å²) in [6, 6.07) is 0. The summed E-state index contributed by atoms with van der Waals surface area (Å²) in [5, 5.41) is 5.72. The molecule has 0 atom stereocenters. The van der Waals surface area contributed by atoms with Crippen molar-refractivity contribution in [2.75, 3.05) is 26.2 Å². The maximum Gasteiger partial charge on any atom is 0.239 e. The zero-order chi connectivity index (χ0) is 18.2. The van der Waals surface area contributed by atoms with E-state index in [2.05, 4.69) is 37.1 Å². The molecule has 0 rings (SSSR count). The molecule has 0 aliphatic rings. The van der Waals surface area contributed by atoms with Crippen molar-refractivity contribution >= 4 is 41.0 Å². The molecule has 0 spiro atoms. The van der Waals surface area contributed by atoms with E-state index < -0.39 is 0 Å². The highest BCUT2D eigenvalue weighted by Gasteiger charge is 2.15. The van der Waals surface area contributed by atoms with Gasteiger partial charge in [-0.1, -0.05) is 64.6 Å². The number of amides is 2. The van der Waals surface area contributed by atoms with Crippen LogP contribution in [0.25, 0.3) is 0 Å². The first-order valence-electron chi connectivity index (χ1n) is 9.02. The Bertz CT molecular complexity index is 351. The van der Waals surface area contributed by atoms with Crippen LogP contribution in [0.5, 0.6) is 0 Å². The number of unbranched alkanes of at least 4 members (excludes halogenated alkanes) is 6. The topological polar surface area (TPSA) is 61.4 Å². The highest BCUT2D eigenvalue weighted by Crippen LogP contribution is 2.00. The fourth-order valence-corrected chi connectivity index (χ4v) is 2.48. The Morgan fingerprint density at radius 1 is 0.833 bits per heavy atom. The summed E-state index contributed by atoms with van der Waals surface area (Å²) in [4.78, 5) is 25.4.